The zero-order valence-corrected chi connectivity index (χ0v) is 15.9. The van der Waals surface area contributed by atoms with Crippen LogP contribution in [-0.4, -0.2) is 30.6 Å². The first-order valence-corrected chi connectivity index (χ1v) is 10.0. The average Bonchev–Trinajstić information content (AvgIpc) is 2.59. The molecule has 24 heavy (non-hydrogen) atoms. The molecule has 1 unspecified atom stereocenters. The van der Waals surface area contributed by atoms with Gasteiger partial charge >= 0.3 is 0 Å². The lowest BCUT2D eigenvalue weighted by Crippen LogP contribution is -2.47. The van der Waals surface area contributed by atoms with Gasteiger partial charge in [0.25, 0.3) is 0 Å². The molecular weight excluding hydrogens is 294 g/mol. The van der Waals surface area contributed by atoms with Gasteiger partial charge < -0.3 is 4.74 Å². The highest BCUT2D eigenvalue weighted by atomic mass is 16.5. The molecule has 1 aromatic rings. The lowest BCUT2D eigenvalue weighted by Gasteiger charge is -2.42. The number of aryl methyl sites for hydroxylation is 1. The SMILES string of the molecule is COc1ccc2c(c1)CCCC2CCCCN1CCCCC1(C)C. The zero-order chi connectivity index (χ0) is 17.0. The number of hydrogen-bond donors (Lipinski definition) is 0. The number of hydrogen-bond acceptors (Lipinski definition) is 2. The summed E-state index contributed by atoms with van der Waals surface area (Å²) in [6.45, 7) is 7.45. The molecule has 1 heterocycles. The predicted molar refractivity (Wildman–Crippen MR) is 102 cm³/mol. The molecule has 1 aromatic carbocycles. The molecule has 2 aliphatic rings. The molecule has 0 aromatic heterocycles. The molecule has 1 aliphatic heterocycles. The predicted octanol–water partition coefficient (Wildman–Crippen LogP) is 5.55. The van der Waals surface area contributed by atoms with Crippen molar-refractivity contribution in [3.05, 3.63) is 29.3 Å². The fourth-order valence-corrected chi connectivity index (χ4v) is 4.75. The Morgan fingerprint density at radius 1 is 1.17 bits per heavy atom. The second-order valence-corrected chi connectivity index (χ2v) is 8.41. The molecule has 1 atom stereocenters. The second-order valence-electron chi connectivity index (χ2n) is 8.41. The van der Waals surface area contributed by atoms with Crippen LogP contribution in [0.5, 0.6) is 5.75 Å². The Kier molecular flexibility index (Phi) is 5.86. The van der Waals surface area contributed by atoms with E-state index in [1.165, 1.54) is 76.4 Å². The van der Waals surface area contributed by atoms with E-state index in [1.54, 1.807) is 12.7 Å². The van der Waals surface area contributed by atoms with Crippen LogP contribution in [0.25, 0.3) is 0 Å². The van der Waals surface area contributed by atoms with Crippen LogP contribution in [0.4, 0.5) is 0 Å². The number of ether oxygens (including phenoxy) is 1. The van der Waals surface area contributed by atoms with Gasteiger partial charge in [-0.1, -0.05) is 18.9 Å². The maximum Gasteiger partial charge on any atom is 0.119 e. The number of methoxy groups -OCH3 is 1. The topological polar surface area (TPSA) is 12.5 Å². The summed E-state index contributed by atoms with van der Waals surface area (Å²) in [5.74, 6) is 1.79. The molecule has 1 fully saturated rings. The Morgan fingerprint density at radius 3 is 2.83 bits per heavy atom. The maximum atomic E-state index is 5.40. The van der Waals surface area contributed by atoms with Crippen molar-refractivity contribution in [1.82, 2.24) is 4.90 Å². The molecule has 0 saturated carbocycles. The van der Waals surface area contributed by atoms with E-state index in [0.29, 0.717) is 5.54 Å². The van der Waals surface area contributed by atoms with Crippen molar-refractivity contribution >= 4 is 0 Å². The average molecular weight is 330 g/mol. The summed E-state index contributed by atoms with van der Waals surface area (Å²) in [5, 5.41) is 0. The summed E-state index contributed by atoms with van der Waals surface area (Å²) in [6.07, 6.45) is 12.2. The first-order valence-electron chi connectivity index (χ1n) is 10.0. The van der Waals surface area contributed by atoms with E-state index in [9.17, 15) is 0 Å². The smallest absolute Gasteiger partial charge is 0.119 e. The van der Waals surface area contributed by atoms with Crippen molar-refractivity contribution in [2.24, 2.45) is 0 Å². The van der Waals surface area contributed by atoms with Crippen molar-refractivity contribution in [2.45, 2.75) is 83.1 Å². The van der Waals surface area contributed by atoms with E-state index >= 15 is 0 Å². The molecule has 0 spiro atoms. The third-order valence-electron chi connectivity index (χ3n) is 6.34. The van der Waals surface area contributed by atoms with E-state index < -0.39 is 0 Å². The third-order valence-corrected chi connectivity index (χ3v) is 6.34. The van der Waals surface area contributed by atoms with Crippen molar-refractivity contribution < 1.29 is 4.74 Å². The minimum absolute atomic E-state index is 0.423. The molecule has 1 saturated heterocycles. The fraction of sp³-hybridized carbons (Fsp3) is 0.727. The van der Waals surface area contributed by atoms with Gasteiger partial charge in [0.2, 0.25) is 0 Å². The van der Waals surface area contributed by atoms with Gasteiger partial charge in [0, 0.05) is 5.54 Å². The van der Waals surface area contributed by atoms with Gasteiger partial charge in [-0.05, 0) is 101 Å². The first kappa shape index (κ1) is 17.8. The first-order chi connectivity index (χ1) is 11.6. The van der Waals surface area contributed by atoms with Crippen LogP contribution in [0.15, 0.2) is 18.2 Å². The molecule has 2 nitrogen and oxygen atoms in total. The van der Waals surface area contributed by atoms with Crippen LogP contribution in [0.2, 0.25) is 0 Å². The summed E-state index contributed by atoms with van der Waals surface area (Å²) in [5.41, 5.74) is 3.55. The van der Waals surface area contributed by atoms with E-state index in [4.69, 9.17) is 4.74 Å². The number of piperidine rings is 1. The van der Waals surface area contributed by atoms with Crippen LogP contribution in [0, 0.1) is 0 Å². The minimum atomic E-state index is 0.423. The highest BCUT2D eigenvalue weighted by molar-refractivity contribution is 5.39. The normalized spacial score (nSPS) is 23.7. The summed E-state index contributed by atoms with van der Waals surface area (Å²) < 4.78 is 5.40. The largest absolute Gasteiger partial charge is 0.497 e. The summed E-state index contributed by atoms with van der Waals surface area (Å²) in [7, 11) is 1.77. The van der Waals surface area contributed by atoms with Crippen LogP contribution < -0.4 is 4.74 Å². The van der Waals surface area contributed by atoms with Crippen molar-refractivity contribution in [1.29, 1.82) is 0 Å². The number of likely N-dealkylation sites (tertiary alicyclic amines) is 1. The number of nitrogens with zero attached hydrogens (tertiary/aromatic N) is 1. The zero-order valence-electron chi connectivity index (χ0n) is 15.9. The van der Waals surface area contributed by atoms with E-state index in [2.05, 4.69) is 36.9 Å². The van der Waals surface area contributed by atoms with E-state index in [-0.39, 0.29) is 0 Å². The lowest BCUT2D eigenvalue weighted by molar-refractivity contribution is 0.0749. The van der Waals surface area contributed by atoms with Crippen molar-refractivity contribution in [3.63, 3.8) is 0 Å². The molecule has 1 aliphatic carbocycles. The highest BCUT2D eigenvalue weighted by Crippen LogP contribution is 2.37. The Hall–Kier alpha value is -1.02. The fourth-order valence-electron chi connectivity index (χ4n) is 4.75. The lowest BCUT2D eigenvalue weighted by atomic mass is 9.80. The number of unbranched alkanes of at least 4 members (excludes halogenated alkanes) is 1. The third kappa shape index (κ3) is 4.14. The number of fused-ring (bicyclic) bond motifs is 1. The van der Waals surface area contributed by atoms with Crippen LogP contribution in [-0.2, 0) is 6.42 Å². The molecule has 0 bridgehead atoms. The molecular formula is C22H35NO. The Morgan fingerprint density at radius 2 is 2.04 bits per heavy atom. The molecule has 134 valence electrons. The van der Waals surface area contributed by atoms with Gasteiger partial charge in [0.05, 0.1) is 7.11 Å². The minimum Gasteiger partial charge on any atom is -0.497 e. The number of rotatable bonds is 6. The van der Waals surface area contributed by atoms with Crippen molar-refractivity contribution in [2.75, 3.05) is 20.2 Å². The monoisotopic (exact) mass is 329 g/mol. The van der Waals surface area contributed by atoms with Gasteiger partial charge in [0.15, 0.2) is 0 Å². The van der Waals surface area contributed by atoms with E-state index in [0.717, 1.165) is 11.7 Å². The Balaban J connectivity index is 1.49. The van der Waals surface area contributed by atoms with Crippen molar-refractivity contribution in [3.8, 4) is 5.75 Å². The quantitative estimate of drug-likeness (QED) is 0.634. The van der Waals surface area contributed by atoms with Gasteiger partial charge in [-0.2, -0.15) is 0 Å². The summed E-state index contributed by atoms with van der Waals surface area (Å²) in [6, 6.07) is 6.73. The van der Waals surface area contributed by atoms with Gasteiger partial charge in [-0.3, -0.25) is 4.90 Å². The maximum absolute atomic E-state index is 5.40. The van der Waals surface area contributed by atoms with Crippen LogP contribution in [0.3, 0.4) is 0 Å². The molecule has 0 radical (unpaired) electrons. The van der Waals surface area contributed by atoms with Gasteiger partial charge in [0.1, 0.15) is 5.75 Å². The summed E-state index contributed by atoms with van der Waals surface area (Å²) >= 11 is 0. The molecule has 2 heteroatoms. The molecule has 0 N–H and O–H groups in total. The Bertz CT molecular complexity index is 537. The van der Waals surface area contributed by atoms with Gasteiger partial charge in [-0.15, -0.1) is 0 Å². The Labute approximate surface area is 148 Å². The standard InChI is InChI=1S/C22H35NO/c1-22(2)14-5-7-16-23(22)15-6-4-9-18-10-8-11-19-17-20(24-3)12-13-21(18)19/h12-13,17-18H,4-11,14-16H2,1-3H3. The molecule has 3 rings (SSSR count). The second kappa shape index (κ2) is 7.91. The van der Waals surface area contributed by atoms with Gasteiger partial charge in [-0.25, -0.2) is 0 Å². The van der Waals surface area contributed by atoms with E-state index in [1.807, 2.05) is 0 Å². The summed E-state index contributed by atoms with van der Waals surface area (Å²) in [4.78, 5) is 2.73. The molecule has 0 amide bonds. The number of benzene rings is 1. The van der Waals surface area contributed by atoms with Crippen LogP contribution >= 0.6 is 0 Å². The van der Waals surface area contributed by atoms with Crippen LogP contribution in [0.1, 0.15) is 82.3 Å². The highest BCUT2D eigenvalue weighted by Gasteiger charge is 2.29.